The van der Waals surface area contributed by atoms with Crippen molar-refractivity contribution in [3.63, 3.8) is 0 Å². The lowest BCUT2D eigenvalue weighted by atomic mass is 10.1. The fourth-order valence-electron chi connectivity index (χ4n) is 1.38. The van der Waals surface area contributed by atoms with E-state index in [-0.39, 0.29) is 25.2 Å². The van der Waals surface area contributed by atoms with Gasteiger partial charge in [0.05, 0.1) is 5.92 Å². The minimum Gasteiger partial charge on any atom is -0.481 e. The number of carboxylic acids is 2. The van der Waals surface area contributed by atoms with Gasteiger partial charge in [-0.1, -0.05) is 6.92 Å². The summed E-state index contributed by atoms with van der Waals surface area (Å²) in [5.41, 5.74) is 0. The number of carbonyl (C=O) groups is 2. The third-order valence-electron chi connectivity index (χ3n) is 2.13. The van der Waals surface area contributed by atoms with E-state index in [4.69, 9.17) is 10.2 Å². The highest BCUT2D eigenvalue weighted by molar-refractivity contribution is 7.58. The predicted molar refractivity (Wildman–Crippen MR) is 57.8 cm³/mol. The van der Waals surface area contributed by atoms with Crippen LogP contribution < -0.4 is 0 Å². The molecule has 0 aliphatic rings. The van der Waals surface area contributed by atoms with Crippen LogP contribution in [0.4, 0.5) is 0 Å². The van der Waals surface area contributed by atoms with E-state index in [9.17, 15) is 19.0 Å². The topological polar surface area (TPSA) is 112 Å². The molecular formula is C9H17O6P. The standard InChI is InChI=1S/C9H17O6P/c1-2-5-16(14,15)6-7(9(12)13)3-4-8(10)11/h7H,2-6H2,1H3,(H,10,11)(H,12,13)(H,14,15). The monoisotopic (exact) mass is 252 g/mol. The summed E-state index contributed by atoms with van der Waals surface area (Å²) in [6.45, 7) is 1.73. The lowest BCUT2D eigenvalue weighted by molar-refractivity contribution is -0.142. The Labute approximate surface area is 93.7 Å². The van der Waals surface area contributed by atoms with Gasteiger partial charge >= 0.3 is 11.9 Å². The Morgan fingerprint density at radius 1 is 1.31 bits per heavy atom. The summed E-state index contributed by atoms with van der Waals surface area (Å²) in [5.74, 6) is -3.38. The Kier molecular flexibility index (Phi) is 6.29. The molecule has 3 N–H and O–H groups in total. The van der Waals surface area contributed by atoms with Gasteiger partial charge in [-0.3, -0.25) is 14.2 Å². The molecule has 7 heteroatoms. The summed E-state index contributed by atoms with van der Waals surface area (Å²) in [6, 6.07) is 0. The van der Waals surface area contributed by atoms with Crippen LogP contribution in [0, 0.1) is 5.92 Å². The van der Waals surface area contributed by atoms with Gasteiger partial charge in [0.1, 0.15) is 0 Å². The van der Waals surface area contributed by atoms with Crippen LogP contribution in [0.2, 0.25) is 0 Å². The van der Waals surface area contributed by atoms with E-state index in [0.29, 0.717) is 6.42 Å². The van der Waals surface area contributed by atoms with E-state index in [1.54, 1.807) is 6.92 Å². The van der Waals surface area contributed by atoms with Gasteiger partial charge in [-0.25, -0.2) is 0 Å². The molecule has 6 nitrogen and oxygen atoms in total. The zero-order chi connectivity index (χ0) is 12.8. The van der Waals surface area contributed by atoms with Crippen molar-refractivity contribution >= 4 is 19.3 Å². The molecular weight excluding hydrogens is 235 g/mol. The third kappa shape index (κ3) is 6.58. The van der Waals surface area contributed by atoms with Gasteiger partial charge in [-0.2, -0.15) is 0 Å². The Bertz CT molecular complexity index is 300. The summed E-state index contributed by atoms with van der Waals surface area (Å²) in [4.78, 5) is 30.5. The Hall–Kier alpha value is -0.870. The maximum Gasteiger partial charge on any atom is 0.307 e. The van der Waals surface area contributed by atoms with Crippen LogP contribution in [0.5, 0.6) is 0 Å². The fourth-order valence-corrected chi connectivity index (χ4v) is 3.28. The second-order valence-electron chi connectivity index (χ2n) is 3.72. The van der Waals surface area contributed by atoms with Gasteiger partial charge in [-0.05, 0) is 12.8 Å². The number of hydrogen-bond donors (Lipinski definition) is 3. The molecule has 16 heavy (non-hydrogen) atoms. The van der Waals surface area contributed by atoms with Crippen LogP contribution in [0.1, 0.15) is 26.2 Å². The predicted octanol–water partition coefficient (Wildman–Crippen LogP) is 1.23. The largest absolute Gasteiger partial charge is 0.481 e. The molecule has 0 saturated carbocycles. The first-order valence-electron chi connectivity index (χ1n) is 5.04. The van der Waals surface area contributed by atoms with Gasteiger partial charge in [-0.15, -0.1) is 0 Å². The highest BCUT2D eigenvalue weighted by Crippen LogP contribution is 2.43. The second-order valence-corrected chi connectivity index (χ2v) is 6.23. The smallest absolute Gasteiger partial charge is 0.307 e. The molecule has 2 unspecified atom stereocenters. The molecule has 0 aliphatic carbocycles. The van der Waals surface area contributed by atoms with Crippen molar-refractivity contribution in [1.29, 1.82) is 0 Å². The van der Waals surface area contributed by atoms with Crippen molar-refractivity contribution in [3.8, 4) is 0 Å². The van der Waals surface area contributed by atoms with Crippen LogP contribution in [0.15, 0.2) is 0 Å². The van der Waals surface area contributed by atoms with Gasteiger partial charge < -0.3 is 15.1 Å². The molecule has 0 saturated heterocycles. The van der Waals surface area contributed by atoms with Crippen molar-refractivity contribution in [3.05, 3.63) is 0 Å². The number of aliphatic carboxylic acids is 2. The van der Waals surface area contributed by atoms with Crippen molar-refractivity contribution in [2.75, 3.05) is 12.3 Å². The van der Waals surface area contributed by atoms with Crippen molar-refractivity contribution in [2.45, 2.75) is 26.2 Å². The molecule has 0 aliphatic heterocycles. The molecule has 94 valence electrons. The molecule has 0 rings (SSSR count). The first kappa shape index (κ1) is 15.1. The molecule has 0 fully saturated rings. The number of hydrogen-bond acceptors (Lipinski definition) is 3. The molecule has 0 aromatic rings. The summed E-state index contributed by atoms with van der Waals surface area (Å²) in [6.07, 6.45) is -0.186. The first-order chi connectivity index (χ1) is 7.28. The third-order valence-corrected chi connectivity index (χ3v) is 4.29. The quantitative estimate of drug-likeness (QED) is 0.560. The lowest BCUT2D eigenvalue weighted by Crippen LogP contribution is -2.20. The highest BCUT2D eigenvalue weighted by atomic mass is 31.2. The van der Waals surface area contributed by atoms with E-state index in [0.717, 1.165) is 0 Å². The fraction of sp³-hybridized carbons (Fsp3) is 0.778. The molecule has 0 aromatic carbocycles. The lowest BCUT2D eigenvalue weighted by Gasteiger charge is -2.15. The minimum absolute atomic E-state index is 0.0733. The molecule has 0 amide bonds. The number of carboxylic acid groups (broad SMARTS) is 2. The maximum atomic E-state index is 11.5. The van der Waals surface area contributed by atoms with E-state index >= 15 is 0 Å². The zero-order valence-corrected chi connectivity index (χ0v) is 10.0. The molecule has 0 bridgehead atoms. The van der Waals surface area contributed by atoms with Crippen LogP contribution in [0.3, 0.4) is 0 Å². The molecule has 0 spiro atoms. The van der Waals surface area contributed by atoms with E-state index in [1.807, 2.05) is 0 Å². The van der Waals surface area contributed by atoms with Gasteiger partial charge in [0, 0.05) is 18.7 Å². The highest BCUT2D eigenvalue weighted by Gasteiger charge is 2.28. The Morgan fingerprint density at radius 2 is 1.88 bits per heavy atom. The molecule has 0 aromatic heterocycles. The molecule has 0 heterocycles. The van der Waals surface area contributed by atoms with E-state index in [2.05, 4.69) is 0 Å². The summed E-state index contributed by atoms with van der Waals surface area (Å²) in [5, 5.41) is 17.2. The average Bonchev–Trinajstić information content (AvgIpc) is 2.11. The average molecular weight is 252 g/mol. The SMILES string of the molecule is CCCP(=O)(O)CC(CCC(=O)O)C(=O)O. The molecule has 0 radical (unpaired) electrons. The second kappa shape index (κ2) is 6.66. The Morgan fingerprint density at radius 3 is 2.25 bits per heavy atom. The van der Waals surface area contributed by atoms with Gasteiger partial charge in [0.15, 0.2) is 0 Å². The van der Waals surface area contributed by atoms with Crippen LogP contribution >= 0.6 is 7.37 Å². The summed E-state index contributed by atoms with van der Waals surface area (Å²) < 4.78 is 11.5. The normalized spacial score (nSPS) is 16.4. The van der Waals surface area contributed by atoms with Crippen LogP contribution in [-0.4, -0.2) is 39.4 Å². The van der Waals surface area contributed by atoms with Crippen molar-refractivity contribution in [1.82, 2.24) is 0 Å². The van der Waals surface area contributed by atoms with Crippen molar-refractivity contribution < 1.29 is 29.3 Å². The Balaban J connectivity index is 4.39. The van der Waals surface area contributed by atoms with Gasteiger partial charge in [0.2, 0.25) is 7.37 Å². The van der Waals surface area contributed by atoms with Crippen LogP contribution in [-0.2, 0) is 14.2 Å². The molecule has 2 atom stereocenters. The summed E-state index contributed by atoms with van der Waals surface area (Å²) in [7, 11) is -3.44. The minimum atomic E-state index is -3.44. The van der Waals surface area contributed by atoms with E-state index in [1.165, 1.54) is 0 Å². The number of rotatable bonds is 8. The van der Waals surface area contributed by atoms with Crippen molar-refractivity contribution in [2.24, 2.45) is 5.92 Å². The maximum absolute atomic E-state index is 11.5. The van der Waals surface area contributed by atoms with Gasteiger partial charge in [0.25, 0.3) is 0 Å². The van der Waals surface area contributed by atoms with Crippen LogP contribution in [0.25, 0.3) is 0 Å². The summed E-state index contributed by atoms with van der Waals surface area (Å²) >= 11 is 0. The van der Waals surface area contributed by atoms with E-state index < -0.39 is 25.2 Å². The zero-order valence-electron chi connectivity index (χ0n) is 9.13. The first-order valence-corrected chi connectivity index (χ1v) is 7.07.